The van der Waals surface area contributed by atoms with Gasteiger partial charge >= 0.3 is 0 Å². The van der Waals surface area contributed by atoms with Crippen molar-refractivity contribution < 1.29 is 22.3 Å². The maximum atomic E-state index is 13.8. The highest BCUT2D eigenvalue weighted by atomic mass is 35.5. The van der Waals surface area contributed by atoms with Crippen molar-refractivity contribution in [3.63, 3.8) is 0 Å². The number of thiazole rings is 1. The van der Waals surface area contributed by atoms with E-state index in [1.165, 1.54) is 27.8 Å². The molecule has 0 atom stereocenters. The molecule has 0 N–H and O–H groups in total. The van der Waals surface area contributed by atoms with E-state index in [4.69, 9.17) is 9.72 Å². The second kappa shape index (κ2) is 13.0. The number of aryl methyl sites for hydroxylation is 1. The fourth-order valence-electron chi connectivity index (χ4n) is 5.03. The number of hydrogen-bond donors (Lipinski definition) is 0. The SMILES string of the molecule is Cc1ccc2nc(N(CCCN3CCOCC3)C(=O)C3CCN(S(=O)(=O)c4ccc(F)cc4)CC3)sc2c1.Cl. The summed E-state index contributed by atoms with van der Waals surface area (Å²) in [6.07, 6.45) is 1.69. The van der Waals surface area contributed by atoms with Crippen molar-refractivity contribution in [2.75, 3.05) is 57.4 Å². The average Bonchev–Trinajstić information content (AvgIpc) is 3.34. The van der Waals surface area contributed by atoms with Crippen LogP contribution < -0.4 is 4.90 Å². The van der Waals surface area contributed by atoms with E-state index < -0.39 is 15.8 Å². The number of rotatable bonds is 8. The maximum absolute atomic E-state index is 13.8. The first-order chi connectivity index (χ1) is 18.3. The van der Waals surface area contributed by atoms with E-state index in [9.17, 15) is 17.6 Å². The molecule has 3 aromatic rings. The molecule has 2 saturated heterocycles. The van der Waals surface area contributed by atoms with Crippen molar-refractivity contribution in [3.05, 3.63) is 53.8 Å². The molecule has 12 heteroatoms. The highest BCUT2D eigenvalue weighted by Crippen LogP contribution is 2.32. The smallest absolute Gasteiger partial charge is 0.243 e. The van der Waals surface area contributed by atoms with Crippen LogP contribution in [0.25, 0.3) is 10.2 Å². The van der Waals surface area contributed by atoms with Crippen LogP contribution in [0.3, 0.4) is 0 Å². The lowest BCUT2D eigenvalue weighted by Gasteiger charge is -2.33. The molecule has 5 rings (SSSR count). The Morgan fingerprint density at radius 3 is 2.49 bits per heavy atom. The Kier molecular flexibility index (Phi) is 9.95. The van der Waals surface area contributed by atoms with Crippen LogP contribution in [0.1, 0.15) is 24.8 Å². The third-order valence-electron chi connectivity index (χ3n) is 7.24. The lowest BCUT2D eigenvalue weighted by Crippen LogP contribution is -2.45. The van der Waals surface area contributed by atoms with Crippen molar-refractivity contribution in [2.24, 2.45) is 5.92 Å². The van der Waals surface area contributed by atoms with Gasteiger partial charge in [-0.15, -0.1) is 12.4 Å². The highest BCUT2D eigenvalue weighted by molar-refractivity contribution is 7.89. The zero-order valence-corrected chi connectivity index (χ0v) is 24.4. The lowest BCUT2D eigenvalue weighted by molar-refractivity contribution is -0.123. The molecule has 2 aromatic carbocycles. The van der Waals surface area contributed by atoms with Gasteiger partial charge in [-0.1, -0.05) is 17.4 Å². The van der Waals surface area contributed by atoms with Gasteiger partial charge in [-0.3, -0.25) is 14.6 Å². The third-order valence-corrected chi connectivity index (χ3v) is 10.2. The number of ether oxygens (including phenoxy) is 1. The number of aromatic nitrogens is 1. The molecule has 0 aliphatic carbocycles. The lowest BCUT2D eigenvalue weighted by atomic mass is 9.96. The number of anilines is 1. The number of halogens is 2. The average molecular weight is 597 g/mol. The number of amides is 1. The van der Waals surface area contributed by atoms with Gasteiger partial charge < -0.3 is 4.74 Å². The minimum Gasteiger partial charge on any atom is -0.379 e. The number of sulfonamides is 1. The largest absolute Gasteiger partial charge is 0.379 e. The van der Waals surface area contributed by atoms with Crippen molar-refractivity contribution in [1.82, 2.24) is 14.2 Å². The van der Waals surface area contributed by atoms with Crippen LogP contribution in [0.5, 0.6) is 0 Å². The van der Waals surface area contributed by atoms with Gasteiger partial charge in [-0.05, 0) is 68.1 Å². The monoisotopic (exact) mass is 596 g/mol. The van der Waals surface area contributed by atoms with Crippen molar-refractivity contribution in [2.45, 2.75) is 31.1 Å². The van der Waals surface area contributed by atoms with Gasteiger partial charge in [0.1, 0.15) is 5.82 Å². The Morgan fingerprint density at radius 1 is 1.10 bits per heavy atom. The van der Waals surface area contributed by atoms with Crippen LogP contribution in [-0.2, 0) is 19.6 Å². The molecule has 0 spiro atoms. The van der Waals surface area contributed by atoms with E-state index in [2.05, 4.69) is 11.0 Å². The first-order valence-corrected chi connectivity index (χ1v) is 15.3. The number of carbonyl (C=O) groups is 1. The molecule has 2 aliphatic heterocycles. The number of morpholine rings is 1. The summed E-state index contributed by atoms with van der Waals surface area (Å²) in [7, 11) is -3.73. The van der Waals surface area contributed by atoms with Gasteiger partial charge in [0.2, 0.25) is 15.9 Å². The second-order valence-corrected chi connectivity index (χ2v) is 12.8. The minimum atomic E-state index is -3.73. The quantitative estimate of drug-likeness (QED) is 0.385. The molecule has 0 radical (unpaired) electrons. The highest BCUT2D eigenvalue weighted by Gasteiger charge is 2.35. The van der Waals surface area contributed by atoms with Gasteiger partial charge in [0.25, 0.3) is 0 Å². The standard InChI is InChI=1S/C27H33FN4O4S2.ClH/c1-20-3-8-24-25(19-20)37-27(29-24)32(12-2-11-30-15-17-36-18-16-30)26(33)21-9-13-31(14-10-21)38(34,35)23-6-4-22(28)5-7-23;/h3-8,19,21H,2,9-18H2,1H3;1H. The first kappa shape index (κ1) is 29.8. The topological polar surface area (TPSA) is 83.1 Å². The molecule has 0 bridgehead atoms. The van der Waals surface area contributed by atoms with E-state index in [0.717, 1.165) is 67.2 Å². The summed E-state index contributed by atoms with van der Waals surface area (Å²) in [5, 5.41) is 0.693. The molecule has 1 aromatic heterocycles. The van der Waals surface area contributed by atoms with Gasteiger partial charge in [-0.2, -0.15) is 4.31 Å². The van der Waals surface area contributed by atoms with E-state index in [1.54, 1.807) is 0 Å². The molecule has 212 valence electrons. The fraction of sp³-hybridized carbons (Fsp3) is 0.481. The van der Waals surface area contributed by atoms with Crippen LogP contribution in [0.15, 0.2) is 47.4 Å². The number of carbonyl (C=O) groups excluding carboxylic acids is 1. The van der Waals surface area contributed by atoms with E-state index in [-0.39, 0.29) is 42.2 Å². The van der Waals surface area contributed by atoms with Crippen molar-refractivity contribution >= 4 is 55.0 Å². The predicted octanol–water partition coefficient (Wildman–Crippen LogP) is 4.32. The Hall–Kier alpha value is -2.15. The number of benzene rings is 2. The summed E-state index contributed by atoms with van der Waals surface area (Å²) in [5.41, 5.74) is 2.02. The molecule has 39 heavy (non-hydrogen) atoms. The Morgan fingerprint density at radius 2 is 1.79 bits per heavy atom. The van der Waals surface area contributed by atoms with Crippen molar-refractivity contribution in [3.8, 4) is 0 Å². The van der Waals surface area contributed by atoms with Crippen LogP contribution in [-0.4, -0.2) is 81.0 Å². The van der Waals surface area contributed by atoms with Gasteiger partial charge in [0.05, 0.1) is 28.3 Å². The molecule has 0 saturated carbocycles. The third kappa shape index (κ3) is 6.96. The van der Waals surface area contributed by atoms with Gasteiger partial charge in [0.15, 0.2) is 5.13 Å². The predicted molar refractivity (Wildman–Crippen MR) is 154 cm³/mol. The Balaban J connectivity index is 0.00000353. The summed E-state index contributed by atoms with van der Waals surface area (Å²) in [6, 6.07) is 11.0. The summed E-state index contributed by atoms with van der Waals surface area (Å²) in [4.78, 5) is 22.9. The first-order valence-electron chi connectivity index (χ1n) is 13.1. The summed E-state index contributed by atoms with van der Waals surface area (Å²) in [5.74, 6) is -0.764. The maximum Gasteiger partial charge on any atom is 0.243 e. The van der Waals surface area contributed by atoms with Crippen LogP contribution >= 0.6 is 23.7 Å². The zero-order chi connectivity index (χ0) is 26.7. The number of hydrogen-bond acceptors (Lipinski definition) is 7. The molecule has 3 heterocycles. The molecule has 1 amide bonds. The molecular formula is C27H34ClFN4O4S2. The van der Waals surface area contributed by atoms with Gasteiger partial charge in [-0.25, -0.2) is 17.8 Å². The normalized spacial score (nSPS) is 17.7. The summed E-state index contributed by atoms with van der Waals surface area (Å²) in [6.45, 7) is 7.24. The molecular weight excluding hydrogens is 563 g/mol. The van der Waals surface area contributed by atoms with E-state index >= 15 is 0 Å². The van der Waals surface area contributed by atoms with Crippen molar-refractivity contribution in [1.29, 1.82) is 0 Å². The van der Waals surface area contributed by atoms with Crippen LogP contribution in [0.4, 0.5) is 9.52 Å². The molecule has 0 unspecified atom stereocenters. The number of piperidine rings is 1. The molecule has 2 fully saturated rings. The Labute approximate surface area is 239 Å². The summed E-state index contributed by atoms with van der Waals surface area (Å²) >= 11 is 1.52. The second-order valence-electron chi connectivity index (χ2n) is 9.90. The Bertz CT molecular complexity index is 1370. The van der Waals surface area contributed by atoms with Gasteiger partial charge in [0, 0.05) is 45.2 Å². The van der Waals surface area contributed by atoms with E-state index in [0.29, 0.717) is 24.5 Å². The number of fused-ring (bicyclic) bond motifs is 1. The molecule has 8 nitrogen and oxygen atoms in total. The minimum absolute atomic E-state index is 0. The van der Waals surface area contributed by atoms with E-state index in [1.807, 2.05) is 24.0 Å². The number of nitrogens with zero attached hydrogens (tertiary/aromatic N) is 4. The van der Waals surface area contributed by atoms with Crippen LogP contribution in [0, 0.1) is 18.7 Å². The van der Waals surface area contributed by atoms with Crippen LogP contribution in [0.2, 0.25) is 0 Å². The molecule has 2 aliphatic rings. The fourth-order valence-corrected chi connectivity index (χ4v) is 7.60. The zero-order valence-electron chi connectivity index (χ0n) is 21.9. The summed E-state index contributed by atoms with van der Waals surface area (Å²) < 4.78 is 47.3.